The highest BCUT2D eigenvalue weighted by Crippen LogP contribution is 2.40. The predicted octanol–water partition coefficient (Wildman–Crippen LogP) is 4.94. The monoisotopic (exact) mass is 473 g/mol. The summed E-state index contributed by atoms with van der Waals surface area (Å²) in [5.74, 6) is -0.0838. The fraction of sp³-hybridized carbons (Fsp3) is 0.440. The zero-order chi connectivity index (χ0) is 23.8. The van der Waals surface area contributed by atoms with E-state index in [0.717, 1.165) is 6.42 Å². The van der Waals surface area contributed by atoms with E-state index in [9.17, 15) is 18.0 Å². The molecule has 0 aromatic heterocycles. The Morgan fingerprint density at radius 3 is 2.42 bits per heavy atom. The van der Waals surface area contributed by atoms with Gasteiger partial charge in [-0.3, -0.25) is 9.59 Å². The Morgan fingerprint density at radius 2 is 1.73 bits per heavy atom. The Morgan fingerprint density at radius 1 is 1.00 bits per heavy atom. The van der Waals surface area contributed by atoms with E-state index in [-0.39, 0.29) is 18.9 Å². The molecule has 178 valence electrons. The van der Waals surface area contributed by atoms with Crippen molar-refractivity contribution < 1.29 is 27.9 Å². The fourth-order valence-corrected chi connectivity index (χ4v) is 6.45. The third kappa shape index (κ3) is 6.13. The van der Waals surface area contributed by atoms with Crippen LogP contribution in [0.25, 0.3) is 0 Å². The maximum atomic E-state index is 13.5. The highest BCUT2D eigenvalue weighted by atomic mass is 32.2. The molecule has 1 N–H and O–H groups in total. The average Bonchev–Trinajstić information content (AvgIpc) is 2.97. The molecule has 7 nitrogen and oxygen atoms in total. The van der Waals surface area contributed by atoms with Gasteiger partial charge in [0.25, 0.3) is 0 Å². The summed E-state index contributed by atoms with van der Waals surface area (Å²) in [4.78, 5) is 25.4. The number of carbonyl (C=O) groups is 2. The van der Waals surface area contributed by atoms with Crippen molar-refractivity contribution in [3.8, 4) is 11.5 Å². The largest absolute Gasteiger partial charge is 0.481 e. The van der Waals surface area contributed by atoms with Gasteiger partial charge in [-0.05, 0) is 49.1 Å². The molecular formula is C25H31NO6S. The number of para-hydroxylation sites is 1. The van der Waals surface area contributed by atoms with Crippen LogP contribution in [0.2, 0.25) is 0 Å². The number of ether oxygens (including phenoxy) is 1. The second-order valence-corrected chi connectivity index (χ2v) is 10.5. The van der Waals surface area contributed by atoms with Gasteiger partial charge in [-0.2, -0.15) is 0 Å². The van der Waals surface area contributed by atoms with E-state index in [2.05, 4.69) is 0 Å². The van der Waals surface area contributed by atoms with Gasteiger partial charge < -0.3 is 14.7 Å². The summed E-state index contributed by atoms with van der Waals surface area (Å²) in [6, 6.07) is 16.1. The van der Waals surface area contributed by atoms with Gasteiger partial charge in [0.15, 0.2) is 15.2 Å². The van der Waals surface area contributed by atoms with E-state index >= 15 is 0 Å². The third-order valence-electron chi connectivity index (χ3n) is 5.78. The van der Waals surface area contributed by atoms with E-state index in [0.29, 0.717) is 49.2 Å². The number of hydrogen-bond donors (Lipinski definition) is 1. The number of amides is 1. The Labute approximate surface area is 195 Å². The lowest BCUT2D eigenvalue weighted by atomic mass is 10.1. The highest BCUT2D eigenvalue weighted by molar-refractivity contribution is 7.93. The van der Waals surface area contributed by atoms with Crippen molar-refractivity contribution in [3.63, 3.8) is 0 Å². The summed E-state index contributed by atoms with van der Waals surface area (Å²) in [7, 11) is -3.77. The van der Waals surface area contributed by atoms with Crippen LogP contribution in [0.1, 0.15) is 62.8 Å². The molecule has 1 aliphatic heterocycles. The quantitative estimate of drug-likeness (QED) is 0.438. The first-order valence-corrected chi connectivity index (χ1v) is 13.0. The van der Waals surface area contributed by atoms with Gasteiger partial charge in [-0.25, -0.2) is 8.42 Å². The van der Waals surface area contributed by atoms with Crippen molar-refractivity contribution >= 4 is 21.7 Å². The Bertz CT molecular complexity index is 1050. The van der Waals surface area contributed by atoms with Crippen LogP contribution in [-0.2, 0) is 19.4 Å². The number of aliphatic carboxylic acids is 1. The van der Waals surface area contributed by atoms with E-state index in [1.165, 1.54) is 4.90 Å². The Balaban J connectivity index is 1.85. The smallest absolute Gasteiger partial charge is 0.303 e. The number of hydrogen-bond acceptors (Lipinski definition) is 5. The zero-order valence-electron chi connectivity index (χ0n) is 18.9. The molecule has 3 rings (SSSR count). The van der Waals surface area contributed by atoms with Gasteiger partial charge in [0.2, 0.25) is 5.91 Å². The molecule has 2 atom stereocenters. The van der Waals surface area contributed by atoms with Crippen molar-refractivity contribution in [1.82, 2.24) is 4.90 Å². The molecule has 0 aliphatic carbocycles. The number of carboxylic acid groups (broad SMARTS) is 1. The first-order valence-electron chi connectivity index (χ1n) is 11.4. The second-order valence-electron chi connectivity index (χ2n) is 8.30. The molecule has 1 fully saturated rings. The molecule has 0 bridgehead atoms. The highest BCUT2D eigenvalue weighted by Gasteiger charge is 2.52. The molecule has 0 spiro atoms. The van der Waals surface area contributed by atoms with E-state index in [4.69, 9.17) is 9.84 Å². The number of unbranched alkanes of at least 4 members (excludes halogenated alkanes) is 3. The molecule has 1 aliphatic rings. The van der Waals surface area contributed by atoms with Gasteiger partial charge >= 0.3 is 5.97 Å². The summed E-state index contributed by atoms with van der Waals surface area (Å²) < 4.78 is 32.9. The van der Waals surface area contributed by atoms with E-state index < -0.39 is 26.4 Å². The van der Waals surface area contributed by atoms with Crippen LogP contribution in [0.15, 0.2) is 54.6 Å². The van der Waals surface area contributed by atoms with Crippen molar-refractivity contribution in [1.29, 1.82) is 0 Å². The molecule has 2 aromatic rings. The molecule has 0 radical (unpaired) electrons. The fourth-order valence-electron chi connectivity index (χ4n) is 4.14. The molecular weight excluding hydrogens is 442 g/mol. The average molecular weight is 474 g/mol. The number of sulfone groups is 1. The van der Waals surface area contributed by atoms with Gasteiger partial charge in [0, 0.05) is 13.0 Å². The van der Waals surface area contributed by atoms with E-state index in [1.54, 1.807) is 24.3 Å². The predicted molar refractivity (Wildman–Crippen MR) is 126 cm³/mol. The minimum absolute atomic E-state index is 0.0632. The summed E-state index contributed by atoms with van der Waals surface area (Å²) in [6.45, 7) is 2.24. The number of benzene rings is 2. The van der Waals surface area contributed by atoms with Crippen LogP contribution in [-0.4, -0.2) is 42.1 Å². The van der Waals surface area contributed by atoms with Gasteiger partial charge in [0.05, 0.1) is 0 Å². The number of rotatable bonds is 12. The normalized spacial score (nSPS) is 19.5. The first kappa shape index (κ1) is 24.8. The third-order valence-corrected chi connectivity index (χ3v) is 8.16. The topological polar surface area (TPSA) is 101 Å². The van der Waals surface area contributed by atoms with E-state index in [1.807, 2.05) is 37.3 Å². The van der Waals surface area contributed by atoms with Crippen LogP contribution in [0.5, 0.6) is 11.5 Å². The van der Waals surface area contributed by atoms with Gasteiger partial charge in [0.1, 0.15) is 16.7 Å². The van der Waals surface area contributed by atoms with Crippen molar-refractivity contribution in [2.45, 2.75) is 62.5 Å². The Kier molecular flexibility index (Phi) is 8.49. The van der Waals surface area contributed by atoms with Crippen molar-refractivity contribution in [2.75, 3.05) is 6.54 Å². The van der Waals surface area contributed by atoms with Crippen LogP contribution in [0.4, 0.5) is 0 Å². The molecule has 1 heterocycles. The van der Waals surface area contributed by atoms with Crippen molar-refractivity contribution in [3.05, 3.63) is 60.2 Å². The second kappa shape index (κ2) is 11.3. The van der Waals surface area contributed by atoms with Crippen LogP contribution < -0.4 is 4.74 Å². The number of carbonyl (C=O) groups excluding carboxylic acids is 1. The van der Waals surface area contributed by atoms with Crippen molar-refractivity contribution in [2.24, 2.45) is 0 Å². The summed E-state index contributed by atoms with van der Waals surface area (Å²) in [6.07, 6.45) is 3.49. The lowest BCUT2D eigenvalue weighted by Crippen LogP contribution is -2.32. The summed E-state index contributed by atoms with van der Waals surface area (Å²) in [5, 5.41) is 6.71. The molecule has 1 amide bonds. The van der Waals surface area contributed by atoms with Crippen LogP contribution in [0.3, 0.4) is 0 Å². The lowest BCUT2D eigenvalue weighted by molar-refractivity contribution is -0.137. The number of carboxylic acids is 1. The van der Waals surface area contributed by atoms with Crippen LogP contribution in [0, 0.1) is 0 Å². The van der Waals surface area contributed by atoms with Crippen LogP contribution >= 0.6 is 0 Å². The molecule has 8 heteroatoms. The maximum Gasteiger partial charge on any atom is 0.303 e. The molecule has 33 heavy (non-hydrogen) atoms. The minimum atomic E-state index is -3.77. The molecule has 0 saturated carbocycles. The number of nitrogens with zero attached hydrogens (tertiary/aromatic N) is 1. The minimum Gasteiger partial charge on any atom is -0.481 e. The van der Waals surface area contributed by atoms with Gasteiger partial charge in [-0.15, -0.1) is 0 Å². The molecule has 1 saturated heterocycles. The first-order chi connectivity index (χ1) is 15.8. The van der Waals surface area contributed by atoms with Gasteiger partial charge in [-0.1, -0.05) is 56.5 Å². The maximum absolute atomic E-state index is 13.5. The molecule has 2 unspecified atom stereocenters. The Hall–Kier alpha value is -2.87. The standard InChI is InChI=1S/C25H31NO6S/c1-2-3-15-22-24(29)26(17-9-5-8-16-23(27)28)25(33(22,30)31)19-11-10-14-21(18-19)32-20-12-6-4-7-13-20/h4,6-7,10-14,18,22,25H,2-3,5,8-9,15-17H2,1H3,(H,27,28). The SMILES string of the molecule is CCCCC1C(=O)N(CCCCCC(=O)O)C(c2cccc(Oc3ccccc3)c2)S1(=O)=O. The summed E-state index contributed by atoms with van der Waals surface area (Å²) >= 11 is 0. The zero-order valence-corrected chi connectivity index (χ0v) is 19.7. The molecule has 2 aromatic carbocycles. The lowest BCUT2D eigenvalue weighted by Gasteiger charge is -2.24. The summed E-state index contributed by atoms with van der Waals surface area (Å²) in [5.41, 5.74) is 0.501.